The van der Waals surface area contributed by atoms with Crippen molar-refractivity contribution >= 4 is 34.9 Å². The van der Waals surface area contributed by atoms with E-state index in [1.807, 2.05) is 22.6 Å². The van der Waals surface area contributed by atoms with E-state index in [0.717, 1.165) is 0 Å². The monoisotopic (exact) mass is 308 g/mol. The Kier molecular flexibility index (Phi) is 3.82. The van der Waals surface area contributed by atoms with Crippen LogP contribution in [0.4, 0.5) is 4.39 Å². The smallest absolute Gasteiger partial charge is 0.140 e. The number of rotatable bonds is 3. The van der Waals surface area contributed by atoms with Gasteiger partial charge in [0, 0.05) is 6.20 Å². The van der Waals surface area contributed by atoms with Crippen LogP contribution in [0.25, 0.3) is 12.3 Å². The van der Waals surface area contributed by atoms with Gasteiger partial charge in [0.05, 0.1) is 5.69 Å². The number of aliphatic hydroxyl groups excluding tert-OH is 1. The van der Waals surface area contributed by atoms with Crippen LogP contribution in [0.5, 0.6) is 0 Å². The van der Waals surface area contributed by atoms with Gasteiger partial charge in [0.15, 0.2) is 0 Å². The molecule has 14 heavy (non-hydrogen) atoms. The minimum absolute atomic E-state index is 0.229. The molecule has 1 aromatic heterocycles. The van der Waals surface area contributed by atoms with Crippen molar-refractivity contribution in [3.8, 4) is 0 Å². The van der Waals surface area contributed by atoms with E-state index in [2.05, 4.69) is 11.6 Å². The molecule has 1 aromatic rings. The van der Waals surface area contributed by atoms with Gasteiger partial charge in [-0.1, -0.05) is 6.58 Å². The van der Waals surface area contributed by atoms with Gasteiger partial charge in [-0.05, 0) is 35.6 Å². The lowest BCUT2D eigenvalue weighted by Gasteiger charge is -2.01. The van der Waals surface area contributed by atoms with Crippen molar-refractivity contribution in [2.45, 2.75) is 13.5 Å². The standard InChI is InChI=1S/C9H10FIN2O/c1-3-7-9(11)12-8(5-14)13(7)4-6(2)10/h3-4,14H,1,5H2,2H3/b6-4+. The molecule has 0 aliphatic rings. The molecule has 1 heterocycles. The molecule has 0 saturated heterocycles. The molecule has 0 fully saturated rings. The minimum Gasteiger partial charge on any atom is -0.388 e. The van der Waals surface area contributed by atoms with E-state index in [1.165, 1.54) is 17.7 Å². The fourth-order valence-corrected chi connectivity index (χ4v) is 1.84. The molecule has 0 unspecified atom stereocenters. The normalized spacial score (nSPS) is 11.9. The molecule has 0 bridgehead atoms. The topological polar surface area (TPSA) is 38.1 Å². The molecule has 0 amide bonds. The van der Waals surface area contributed by atoms with Crippen molar-refractivity contribution in [2.24, 2.45) is 0 Å². The third-order valence-electron chi connectivity index (χ3n) is 1.62. The second-order valence-electron chi connectivity index (χ2n) is 2.65. The van der Waals surface area contributed by atoms with Crippen molar-refractivity contribution in [3.05, 3.63) is 27.6 Å². The summed E-state index contributed by atoms with van der Waals surface area (Å²) < 4.78 is 14.9. The molecule has 0 radical (unpaired) electrons. The number of aliphatic hydroxyl groups is 1. The highest BCUT2D eigenvalue weighted by Gasteiger charge is 2.10. The number of allylic oxidation sites excluding steroid dienone is 1. The Balaban J connectivity index is 3.35. The molecule has 0 aliphatic carbocycles. The zero-order valence-corrected chi connectivity index (χ0v) is 9.82. The molecule has 0 saturated carbocycles. The van der Waals surface area contributed by atoms with Crippen LogP contribution in [-0.4, -0.2) is 14.7 Å². The molecule has 76 valence electrons. The summed E-state index contributed by atoms with van der Waals surface area (Å²) in [5.74, 6) is 0.0536. The lowest BCUT2D eigenvalue weighted by atomic mass is 10.4. The molecular formula is C9H10FIN2O. The van der Waals surface area contributed by atoms with Crippen LogP contribution in [0, 0.1) is 3.70 Å². The van der Waals surface area contributed by atoms with E-state index in [-0.39, 0.29) is 12.4 Å². The molecule has 1 rings (SSSR count). The number of nitrogens with zero attached hydrogens (tertiary/aromatic N) is 2. The summed E-state index contributed by atoms with van der Waals surface area (Å²) in [5.41, 5.74) is 0.687. The van der Waals surface area contributed by atoms with E-state index < -0.39 is 0 Å². The van der Waals surface area contributed by atoms with Crippen molar-refractivity contribution in [2.75, 3.05) is 0 Å². The predicted molar refractivity (Wildman–Crippen MR) is 62.0 cm³/mol. The van der Waals surface area contributed by atoms with Gasteiger partial charge in [0.1, 0.15) is 22.0 Å². The van der Waals surface area contributed by atoms with Crippen LogP contribution in [-0.2, 0) is 6.61 Å². The number of imidazole rings is 1. The van der Waals surface area contributed by atoms with E-state index in [4.69, 9.17) is 5.11 Å². The highest BCUT2D eigenvalue weighted by atomic mass is 127. The largest absolute Gasteiger partial charge is 0.388 e. The van der Waals surface area contributed by atoms with Crippen LogP contribution >= 0.6 is 22.6 Å². The zero-order chi connectivity index (χ0) is 10.7. The van der Waals surface area contributed by atoms with Crippen LogP contribution in [0.15, 0.2) is 12.4 Å². The SMILES string of the molecule is C=Cc1c(I)nc(CO)n1/C=C(\C)F. The summed E-state index contributed by atoms with van der Waals surface area (Å²) in [6.07, 6.45) is 2.85. The van der Waals surface area contributed by atoms with E-state index >= 15 is 0 Å². The molecule has 0 atom stereocenters. The summed E-state index contributed by atoms with van der Waals surface area (Å²) in [7, 11) is 0. The van der Waals surface area contributed by atoms with Crippen LogP contribution in [0.2, 0.25) is 0 Å². The van der Waals surface area contributed by atoms with Gasteiger partial charge in [-0.3, -0.25) is 4.57 Å². The highest BCUT2D eigenvalue weighted by Crippen LogP contribution is 2.17. The average Bonchev–Trinajstić information content (AvgIpc) is 2.41. The van der Waals surface area contributed by atoms with Crippen LogP contribution in [0.3, 0.4) is 0 Å². The summed E-state index contributed by atoms with van der Waals surface area (Å²) >= 11 is 2.01. The quantitative estimate of drug-likeness (QED) is 0.871. The second-order valence-corrected chi connectivity index (χ2v) is 3.67. The van der Waals surface area contributed by atoms with E-state index in [1.54, 1.807) is 6.08 Å². The maximum absolute atomic E-state index is 12.7. The van der Waals surface area contributed by atoms with Crippen LogP contribution < -0.4 is 0 Å². The second kappa shape index (κ2) is 4.70. The lowest BCUT2D eigenvalue weighted by Crippen LogP contribution is -1.98. The number of hydrogen-bond acceptors (Lipinski definition) is 2. The average molecular weight is 308 g/mol. The first-order valence-corrected chi connectivity index (χ1v) is 5.01. The molecule has 1 N–H and O–H groups in total. The van der Waals surface area contributed by atoms with Crippen molar-refractivity contribution < 1.29 is 9.50 Å². The zero-order valence-electron chi connectivity index (χ0n) is 7.67. The van der Waals surface area contributed by atoms with Crippen molar-refractivity contribution in [1.29, 1.82) is 0 Å². The fourth-order valence-electron chi connectivity index (χ4n) is 1.08. The van der Waals surface area contributed by atoms with Gasteiger partial charge in [-0.25, -0.2) is 9.37 Å². The van der Waals surface area contributed by atoms with Gasteiger partial charge < -0.3 is 5.11 Å². The lowest BCUT2D eigenvalue weighted by molar-refractivity contribution is 0.270. The molecule has 0 spiro atoms. The Hall–Kier alpha value is -0.690. The van der Waals surface area contributed by atoms with E-state index in [0.29, 0.717) is 15.2 Å². The van der Waals surface area contributed by atoms with Gasteiger partial charge in [-0.15, -0.1) is 0 Å². The number of aromatic nitrogens is 2. The summed E-state index contributed by atoms with van der Waals surface area (Å²) in [6.45, 7) is 4.71. The maximum atomic E-state index is 12.7. The first-order valence-electron chi connectivity index (χ1n) is 3.94. The first kappa shape index (κ1) is 11.4. The van der Waals surface area contributed by atoms with Gasteiger partial charge in [0.2, 0.25) is 0 Å². The Morgan fingerprint density at radius 1 is 1.79 bits per heavy atom. The first-order chi connectivity index (χ1) is 6.60. The maximum Gasteiger partial charge on any atom is 0.140 e. The molecule has 3 nitrogen and oxygen atoms in total. The van der Waals surface area contributed by atoms with Crippen molar-refractivity contribution in [1.82, 2.24) is 9.55 Å². The Bertz CT molecular complexity index is 380. The number of hydrogen-bond donors (Lipinski definition) is 1. The number of halogens is 2. The van der Waals surface area contributed by atoms with Gasteiger partial charge in [-0.2, -0.15) is 0 Å². The Morgan fingerprint density at radius 3 is 2.86 bits per heavy atom. The fraction of sp³-hybridized carbons (Fsp3) is 0.222. The Morgan fingerprint density at radius 2 is 2.43 bits per heavy atom. The molecule has 0 aromatic carbocycles. The van der Waals surface area contributed by atoms with Gasteiger partial charge in [0.25, 0.3) is 0 Å². The summed E-state index contributed by atoms with van der Waals surface area (Å²) in [4.78, 5) is 4.07. The van der Waals surface area contributed by atoms with E-state index in [9.17, 15) is 4.39 Å². The Labute approximate surface area is 95.1 Å². The molecule has 5 heteroatoms. The minimum atomic E-state index is -0.350. The van der Waals surface area contributed by atoms with Gasteiger partial charge >= 0.3 is 0 Å². The van der Waals surface area contributed by atoms with Crippen molar-refractivity contribution in [3.63, 3.8) is 0 Å². The third kappa shape index (κ3) is 2.21. The third-order valence-corrected chi connectivity index (χ3v) is 2.41. The summed E-state index contributed by atoms with van der Waals surface area (Å²) in [5, 5.41) is 8.99. The molecular weight excluding hydrogens is 298 g/mol. The van der Waals surface area contributed by atoms with Crippen LogP contribution in [0.1, 0.15) is 18.4 Å². The predicted octanol–water partition coefficient (Wildman–Crippen LogP) is 2.41. The summed E-state index contributed by atoms with van der Waals surface area (Å²) in [6, 6.07) is 0. The highest BCUT2D eigenvalue weighted by molar-refractivity contribution is 14.1. The molecule has 0 aliphatic heterocycles.